The van der Waals surface area contributed by atoms with Gasteiger partial charge >= 0.3 is 0 Å². The molecule has 1 aromatic carbocycles. The fourth-order valence-corrected chi connectivity index (χ4v) is 3.46. The molecule has 3 rings (SSSR count). The van der Waals surface area contributed by atoms with Gasteiger partial charge in [-0.05, 0) is 17.0 Å². The van der Waals surface area contributed by atoms with Gasteiger partial charge in [0.1, 0.15) is 0 Å². The molecule has 3 nitrogen and oxygen atoms in total. The zero-order chi connectivity index (χ0) is 13.9. The number of carbonyl (C=O) groups is 1. The van der Waals surface area contributed by atoms with Gasteiger partial charge in [-0.15, -0.1) is 11.3 Å². The number of nitrogens with zero attached hydrogens (tertiary/aromatic N) is 1. The molecular weight excluding hydrogens is 268 g/mol. The number of hydrogen-bond acceptors (Lipinski definition) is 3. The quantitative estimate of drug-likeness (QED) is 0.940. The van der Waals surface area contributed by atoms with Crippen molar-refractivity contribution in [2.45, 2.75) is 18.4 Å². The van der Waals surface area contributed by atoms with Crippen LogP contribution in [-0.4, -0.2) is 29.9 Å². The largest absolute Gasteiger partial charge is 0.340 e. The first-order chi connectivity index (χ1) is 9.74. The van der Waals surface area contributed by atoms with Crippen molar-refractivity contribution in [1.29, 1.82) is 0 Å². The van der Waals surface area contributed by atoms with Crippen LogP contribution in [0.25, 0.3) is 0 Å². The van der Waals surface area contributed by atoms with Crippen LogP contribution in [0, 0.1) is 0 Å². The standard InChI is InChI=1S/C16H18N2OS/c17-15-11-18(16(19)9-13-7-4-8-20-13)10-14(15)12-5-2-1-3-6-12/h1-8,14-15H,9-11,17H2/t14-,15+/m0/s1. The SMILES string of the molecule is N[C@@H]1CN(C(=O)Cc2cccs2)C[C@H]1c1ccccc1. The van der Waals surface area contributed by atoms with Crippen molar-refractivity contribution in [3.05, 3.63) is 58.3 Å². The Morgan fingerprint density at radius 2 is 2.00 bits per heavy atom. The summed E-state index contributed by atoms with van der Waals surface area (Å²) in [6.45, 7) is 1.39. The summed E-state index contributed by atoms with van der Waals surface area (Å²) in [5.41, 5.74) is 7.45. The van der Waals surface area contributed by atoms with Gasteiger partial charge in [-0.1, -0.05) is 36.4 Å². The molecule has 1 saturated heterocycles. The molecule has 2 N–H and O–H groups in total. The molecule has 2 heterocycles. The van der Waals surface area contributed by atoms with Crippen LogP contribution in [0.3, 0.4) is 0 Å². The van der Waals surface area contributed by atoms with Gasteiger partial charge in [0.25, 0.3) is 0 Å². The Kier molecular flexibility index (Phi) is 3.85. The van der Waals surface area contributed by atoms with Crippen LogP contribution in [0.5, 0.6) is 0 Å². The minimum absolute atomic E-state index is 0.0321. The van der Waals surface area contributed by atoms with E-state index in [9.17, 15) is 4.79 Å². The molecule has 1 aliphatic heterocycles. The monoisotopic (exact) mass is 286 g/mol. The number of likely N-dealkylation sites (tertiary alicyclic amines) is 1. The minimum atomic E-state index is 0.0321. The van der Waals surface area contributed by atoms with E-state index in [1.807, 2.05) is 40.6 Å². The predicted octanol–water partition coefficient (Wildman–Crippen LogP) is 2.24. The molecular formula is C16H18N2OS. The van der Waals surface area contributed by atoms with Gasteiger partial charge in [-0.3, -0.25) is 4.79 Å². The van der Waals surface area contributed by atoms with Crippen molar-refractivity contribution in [1.82, 2.24) is 4.90 Å². The predicted molar refractivity (Wildman–Crippen MR) is 81.8 cm³/mol. The Morgan fingerprint density at radius 1 is 1.20 bits per heavy atom. The smallest absolute Gasteiger partial charge is 0.227 e. The highest BCUT2D eigenvalue weighted by molar-refractivity contribution is 7.10. The average molecular weight is 286 g/mol. The minimum Gasteiger partial charge on any atom is -0.340 e. The molecule has 0 aliphatic carbocycles. The number of nitrogens with two attached hydrogens (primary N) is 1. The summed E-state index contributed by atoms with van der Waals surface area (Å²) in [7, 11) is 0. The molecule has 104 valence electrons. The summed E-state index contributed by atoms with van der Waals surface area (Å²) >= 11 is 1.63. The van der Waals surface area contributed by atoms with E-state index in [-0.39, 0.29) is 17.9 Å². The van der Waals surface area contributed by atoms with Crippen molar-refractivity contribution >= 4 is 17.2 Å². The molecule has 0 bridgehead atoms. The number of amides is 1. The summed E-state index contributed by atoms with van der Waals surface area (Å²) in [5, 5.41) is 2.01. The highest BCUT2D eigenvalue weighted by atomic mass is 32.1. The molecule has 1 aromatic heterocycles. The lowest BCUT2D eigenvalue weighted by molar-refractivity contribution is -0.129. The molecule has 4 heteroatoms. The van der Waals surface area contributed by atoms with Crippen molar-refractivity contribution in [2.24, 2.45) is 5.73 Å². The van der Waals surface area contributed by atoms with E-state index in [0.717, 1.165) is 11.4 Å². The van der Waals surface area contributed by atoms with Crippen molar-refractivity contribution in [3.8, 4) is 0 Å². The molecule has 2 atom stereocenters. The third-order valence-electron chi connectivity index (χ3n) is 3.85. The fourth-order valence-electron chi connectivity index (χ4n) is 2.76. The van der Waals surface area contributed by atoms with Crippen LogP contribution in [0.2, 0.25) is 0 Å². The summed E-state index contributed by atoms with van der Waals surface area (Å²) in [6, 6.07) is 14.3. The van der Waals surface area contributed by atoms with Gasteiger partial charge in [0.2, 0.25) is 5.91 Å². The first-order valence-corrected chi connectivity index (χ1v) is 7.72. The second-order valence-electron chi connectivity index (χ2n) is 5.24. The number of benzene rings is 1. The van der Waals surface area contributed by atoms with Gasteiger partial charge in [0.15, 0.2) is 0 Å². The van der Waals surface area contributed by atoms with Crippen LogP contribution >= 0.6 is 11.3 Å². The zero-order valence-electron chi connectivity index (χ0n) is 11.2. The van der Waals surface area contributed by atoms with E-state index in [2.05, 4.69) is 12.1 Å². The lowest BCUT2D eigenvalue weighted by Gasteiger charge is -2.16. The molecule has 20 heavy (non-hydrogen) atoms. The highest BCUT2D eigenvalue weighted by Gasteiger charge is 2.33. The molecule has 1 aliphatic rings. The van der Waals surface area contributed by atoms with E-state index in [1.54, 1.807) is 11.3 Å². The average Bonchev–Trinajstić information content (AvgIpc) is 3.09. The summed E-state index contributed by atoms with van der Waals surface area (Å²) in [6.07, 6.45) is 0.492. The first-order valence-electron chi connectivity index (χ1n) is 6.84. The maximum absolute atomic E-state index is 12.3. The topological polar surface area (TPSA) is 46.3 Å². The van der Waals surface area contributed by atoms with E-state index < -0.39 is 0 Å². The first kappa shape index (κ1) is 13.3. The summed E-state index contributed by atoms with van der Waals surface area (Å²) in [5.74, 6) is 0.435. The second-order valence-corrected chi connectivity index (χ2v) is 6.27. The van der Waals surface area contributed by atoms with Crippen LogP contribution in [0.15, 0.2) is 47.8 Å². The molecule has 0 unspecified atom stereocenters. The third-order valence-corrected chi connectivity index (χ3v) is 4.73. The molecule has 1 amide bonds. The van der Waals surface area contributed by atoms with E-state index in [4.69, 9.17) is 5.73 Å². The fraction of sp³-hybridized carbons (Fsp3) is 0.312. The maximum atomic E-state index is 12.3. The maximum Gasteiger partial charge on any atom is 0.227 e. The second kappa shape index (κ2) is 5.77. The van der Waals surface area contributed by atoms with Crippen LogP contribution in [-0.2, 0) is 11.2 Å². The van der Waals surface area contributed by atoms with Gasteiger partial charge < -0.3 is 10.6 Å². The lowest BCUT2D eigenvalue weighted by atomic mass is 9.95. The van der Waals surface area contributed by atoms with Crippen LogP contribution in [0.1, 0.15) is 16.4 Å². The molecule has 1 fully saturated rings. The number of rotatable bonds is 3. The van der Waals surface area contributed by atoms with Gasteiger partial charge in [-0.25, -0.2) is 0 Å². The molecule has 0 radical (unpaired) electrons. The van der Waals surface area contributed by atoms with E-state index in [1.165, 1.54) is 5.56 Å². The van der Waals surface area contributed by atoms with Crippen LogP contribution < -0.4 is 5.73 Å². The molecule has 2 aromatic rings. The van der Waals surface area contributed by atoms with Crippen molar-refractivity contribution in [3.63, 3.8) is 0 Å². The van der Waals surface area contributed by atoms with Crippen molar-refractivity contribution in [2.75, 3.05) is 13.1 Å². The number of thiophene rings is 1. The van der Waals surface area contributed by atoms with Crippen molar-refractivity contribution < 1.29 is 4.79 Å². The molecule has 0 spiro atoms. The Balaban J connectivity index is 1.67. The lowest BCUT2D eigenvalue weighted by Crippen LogP contribution is -2.32. The highest BCUT2D eigenvalue weighted by Crippen LogP contribution is 2.27. The normalized spacial score (nSPS) is 22.1. The summed E-state index contributed by atoms with van der Waals surface area (Å²) in [4.78, 5) is 15.3. The zero-order valence-corrected chi connectivity index (χ0v) is 12.1. The Bertz CT molecular complexity index is 567. The Morgan fingerprint density at radius 3 is 2.70 bits per heavy atom. The Labute approximate surface area is 123 Å². The van der Waals surface area contributed by atoms with Gasteiger partial charge in [-0.2, -0.15) is 0 Å². The van der Waals surface area contributed by atoms with Gasteiger partial charge in [0.05, 0.1) is 6.42 Å². The summed E-state index contributed by atoms with van der Waals surface area (Å²) < 4.78 is 0. The van der Waals surface area contributed by atoms with E-state index >= 15 is 0 Å². The van der Waals surface area contributed by atoms with Crippen LogP contribution in [0.4, 0.5) is 0 Å². The van der Waals surface area contributed by atoms with E-state index in [0.29, 0.717) is 13.0 Å². The number of carbonyl (C=O) groups excluding carboxylic acids is 1. The van der Waals surface area contributed by atoms with Gasteiger partial charge in [0, 0.05) is 29.9 Å². The number of hydrogen-bond donors (Lipinski definition) is 1. The Hall–Kier alpha value is -1.65. The third kappa shape index (κ3) is 2.76. The molecule has 0 saturated carbocycles.